The first-order chi connectivity index (χ1) is 7.24. The van der Waals surface area contributed by atoms with Crippen molar-refractivity contribution in [3.05, 3.63) is 28.2 Å². The van der Waals surface area contributed by atoms with Crippen LogP contribution in [0.3, 0.4) is 0 Å². The van der Waals surface area contributed by atoms with Crippen LogP contribution in [0.4, 0.5) is 0 Å². The number of hydrogen-bond acceptors (Lipinski definition) is 1. The largest absolute Gasteiger partial charge is 0.492 e. The molecule has 0 fully saturated rings. The van der Waals surface area contributed by atoms with E-state index >= 15 is 0 Å². The maximum atomic E-state index is 5.93. The lowest BCUT2D eigenvalue weighted by Gasteiger charge is -2.07. The number of hydrogen-bond donors (Lipinski definition) is 0. The Morgan fingerprint density at radius 2 is 1.87 bits per heavy atom. The van der Waals surface area contributed by atoms with E-state index in [9.17, 15) is 0 Å². The molecule has 1 rings (SSSR count). The first-order valence-corrected chi connectivity index (χ1v) is 6.17. The fourth-order valence-corrected chi connectivity index (χ4v) is 1.67. The summed E-state index contributed by atoms with van der Waals surface area (Å²) in [6.07, 6.45) is 3.07. The lowest BCUT2D eigenvalue weighted by molar-refractivity contribution is 0.306. The summed E-state index contributed by atoms with van der Waals surface area (Å²) in [5, 5.41) is 1.23. The van der Waals surface area contributed by atoms with Crippen LogP contribution in [-0.2, 0) is 0 Å². The summed E-state index contributed by atoms with van der Waals surface area (Å²) in [7, 11) is 0. The van der Waals surface area contributed by atoms with Crippen molar-refractivity contribution in [2.75, 3.05) is 12.5 Å². The average molecular weight is 268 g/mol. The van der Waals surface area contributed by atoms with Gasteiger partial charge in [0.25, 0.3) is 0 Å². The van der Waals surface area contributed by atoms with Gasteiger partial charge in [-0.2, -0.15) is 0 Å². The molecule has 1 aromatic carbocycles. The number of benzene rings is 1. The molecule has 0 aliphatic carbocycles. The molecular formula is C11H13Cl3O. The maximum Gasteiger partial charge on any atom is 0.139 e. The maximum absolute atomic E-state index is 5.93. The molecule has 0 amide bonds. The van der Waals surface area contributed by atoms with Gasteiger partial charge < -0.3 is 4.74 Å². The highest BCUT2D eigenvalue weighted by atomic mass is 35.5. The Kier molecular flexibility index (Phi) is 6.23. The molecule has 0 aliphatic rings. The Morgan fingerprint density at radius 1 is 1.07 bits per heavy atom. The molecule has 0 saturated carbocycles. The predicted molar refractivity (Wildman–Crippen MR) is 66.5 cm³/mol. The van der Waals surface area contributed by atoms with Crippen LogP contribution in [0.1, 0.15) is 19.3 Å². The van der Waals surface area contributed by atoms with Gasteiger partial charge in [-0.1, -0.05) is 23.2 Å². The lowest BCUT2D eigenvalue weighted by atomic mass is 10.3. The number of alkyl halides is 1. The second kappa shape index (κ2) is 7.21. The molecule has 0 aliphatic heterocycles. The standard InChI is InChI=1S/C11H13Cl3O/c12-6-2-1-3-7-15-11-8-9(13)4-5-10(11)14/h4-5,8H,1-3,6-7H2. The van der Waals surface area contributed by atoms with Crippen LogP contribution in [0, 0.1) is 0 Å². The van der Waals surface area contributed by atoms with Crippen LogP contribution in [0.25, 0.3) is 0 Å². The number of halogens is 3. The van der Waals surface area contributed by atoms with Crippen molar-refractivity contribution < 1.29 is 4.74 Å². The van der Waals surface area contributed by atoms with Crippen molar-refractivity contribution in [3.8, 4) is 5.75 Å². The van der Waals surface area contributed by atoms with Gasteiger partial charge in [0.05, 0.1) is 11.6 Å². The van der Waals surface area contributed by atoms with Crippen molar-refractivity contribution in [1.82, 2.24) is 0 Å². The molecule has 0 aromatic heterocycles. The van der Waals surface area contributed by atoms with Crippen molar-refractivity contribution in [3.63, 3.8) is 0 Å². The van der Waals surface area contributed by atoms with Gasteiger partial charge in [-0.3, -0.25) is 0 Å². The van der Waals surface area contributed by atoms with Crippen molar-refractivity contribution in [1.29, 1.82) is 0 Å². The van der Waals surface area contributed by atoms with E-state index in [0.717, 1.165) is 19.3 Å². The Hall–Kier alpha value is -0.110. The number of ether oxygens (including phenoxy) is 1. The van der Waals surface area contributed by atoms with E-state index < -0.39 is 0 Å². The van der Waals surface area contributed by atoms with E-state index in [4.69, 9.17) is 39.5 Å². The Labute approximate surface area is 105 Å². The second-order valence-electron chi connectivity index (χ2n) is 3.17. The third kappa shape index (κ3) is 4.96. The SMILES string of the molecule is ClCCCCCOc1cc(Cl)ccc1Cl. The number of unbranched alkanes of at least 4 members (excludes halogenated alkanes) is 2. The first-order valence-electron chi connectivity index (χ1n) is 4.88. The fourth-order valence-electron chi connectivity index (χ4n) is 1.14. The minimum Gasteiger partial charge on any atom is -0.492 e. The van der Waals surface area contributed by atoms with Crippen LogP contribution in [0.5, 0.6) is 5.75 Å². The van der Waals surface area contributed by atoms with Gasteiger partial charge in [0.2, 0.25) is 0 Å². The van der Waals surface area contributed by atoms with Gasteiger partial charge in [0, 0.05) is 17.0 Å². The Bertz CT molecular complexity index is 302. The zero-order valence-electron chi connectivity index (χ0n) is 8.31. The molecule has 1 aromatic rings. The number of rotatable bonds is 6. The molecule has 0 radical (unpaired) electrons. The van der Waals surface area contributed by atoms with Gasteiger partial charge in [-0.15, -0.1) is 11.6 Å². The van der Waals surface area contributed by atoms with Crippen LogP contribution in [-0.4, -0.2) is 12.5 Å². The van der Waals surface area contributed by atoms with Crippen LogP contribution in [0.15, 0.2) is 18.2 Å². The normalized spacial score (nSPS) is 10.3. The van der Waals surface area contributed by atoms with Gasteiger partial charge in [-0.05, 0) is 31.4 Å². The molecule has 4 heteroatoms. The van der Waals surface area contributed by atoms with Crippen molar-refractivity contribution >= 4 is 34.8 Å². The molecular weight excluding hydrogens is 254 g/mol. The van der Waals surface area contributed by atoms with Crippen LogP contribution >= 0.6 is 34.8 Å². The molecule has 1 nitrogen and oxygen atoms in total. The lowest BCUT2D eigenvalue weighted by Crippen LogP contribution is -1.97. The van der Waals surface area contributed by atoms with Crippen LogP contribution in [0.2, 0.25) is 10.0 Å². The molecule has 0 unspecified atom stereocenters. The first kappa shape index (κ1) is 13.0. The third-order valence-corrected chi connectivity index (χ3v) is 2.74. The minimum atomic E-state index is 0.594. The van der Waals surface area contributed by atoms with E-state index in [2.05, 4.69) is 0 Å². The molecule has 0 spiro atoms. The highest BCUT2D eigenvalue weighted by Crippen LogP contribution is 2.27. The highest BCUT2D eigenvalue weighted by Gasteiger charge is 2.01. The summed E-state index contributed by atoms with van der Waals surface area (Å²) in [5.41, 5.74) is 0. The molecule has 0 bridgehead atoms. The molecule has 15 heavy (non-hydrogen) atoms. The van der Waals surface area contributed by atoms with Crippen LogP contribution < -0.4 is 4.74 Å². The van der Waals surface area contributed by atoms with E-state index in [-0.39, 0.29) is 0 Å². The molecule has 84 valence electrons. The summed E-state index contributed by atoms with van der Waals surface area (Å²) in [6.45, 7) is 0.650. The summed E-state index contributed by atoms with van der Waals surface area (Å²) in [5.74, 6) is 1.35. The van der Waals surface area contributed by atoms with E-state index in [1.54, 1.807) is 18.2 Å². The van der Waals surface area contributed by atoms with Crippen molar-refractivity contribution in [2.24, 2.45) is 0 Å². The van der Waals surface area contributed by atoms with E-state index in [0.29, 0.717) is 28.3 Å². The molecule has 0 saturated heterocycles. The summed E-state index contributed by atoms with van der Waals surface area (Å²) >= 11 is 17.3. The topological polar surface area (TPSA) is 9.23 Å². The zero-order chi connectivity index (χ0) is 11.1. The zero-order valence-corrected chi connectivity index (χ0v) is 10.6. The van der Waals surface area contributed by atoms with Gasteiger partial charge in [0.1, 0.15) is 5.75 Å². The van der Waals surface area contributed by atoms with Gasteiger partial charge >= 0.3 is 0 Å². The van der Waals surface area contributed by atoms with E-state index in [1.165, 1.54) is 0 Å². The Balaban J connectivity index is 2.33. The Morgan fingerprint density at radius 3 is 2.60 bits per heavy atom. The summed E-state index contributed by atoms with van der Waals surface area (Å²) in [6, 6.07) is 5.20. The highest BCUT2D eigenvalue weighted by molar-refractivity contribution is 6.34. The quantitative estimate of drug-likeness (QED) is 0.532. The monoisotopic (exact) mass is 266 g/mol. The predicted octanol–water partition coefficient (Wildman–Crippen LogP) is 4.78. The molecule has 0 heterocycles. The fraction of sp³-hybridized carbons (Fsp3) is 0.455. The van der Waals surface area contributed by atoms with E-state index in [1.807, 2.05) is 0 Å². The summed E-state index contributed by atoms with van der Waals surface area (Å²) in [4.78, 5) is 0. The smallest absolute Gasteiger partial charge is 0.139 e. The van der Waals surface area contributed by atoms with Crippen molar-refractivity contribution in [2.45, 2.75) is 19.3 Å². The molecule has 0 atom stereocenters. The summed E-state index contributed by atoms with van der Waals surface area (Å²) < 4.78 is 5.50. The second-order valence-corrected chi connectivity index (χ2v) is 4.39. The molecule has 0 N–H and O–H groups in total. The van der Waals surface area contributed by atoms with Gasteiger partial charge in [0.15, 0.2) is 0 Å². The average Bonchev–Trinajstić information content (AvgIpc) is 2.23. The third-order valence-electron chi connectivity index (χ3n) is 1.93. The minimum absolute atomic E-state index is 0.594. The van der Waals surface area contributed by atoms with Gasteiger partial charge in [-0.25, -0.2) is 0 Å².